The molecule has 2 aliphatic carbocycles. The van der Waals surface area contributed by atoms with Crippen molar-refractivity contribution in [3.8, 4) is 11.1 Å². The van der Waals surface area contributed by atoms with E-state index in [0.717, 1.165) is 47.2 Å². The van der Waals surface area contributed by atoms with Gasteiger partial charge in [0.15, 0.2) is 5.78 Å². The molecule has 0 heterocycles. The van der Waals surface area contributed by atoms with Crippen LogP contribution in [0.1, 0.15) is 65.0 Å². The second-order valence-electron chi connectivity index (χ2n) is 8.77. The quantitative estimate of drug-likeness (QED) is 0.837. The summed E-state index contributed by atoms with van der Waals surface area (Å²) in [5.41, 5.74) is 5.68. The average Bonchev–Trinajstić information content (AvgIpc) is 3.48. The Bertz CT molecular complexity index is 922. The smallest absolute Gasteiger partial charge is 0.251 e. The maximum absolute atomic E-state index is 12.7. The van der Waals surface area contributed by atoms with Gasteiger partial charge < -0.3 is 5.32 Å². The van der Waals surface area contributed by atoms with Gasteiger partial charge in [-0.3, -0.25) is 9.59 Å². The summed E-state index contributed by atoms with van der Waals surface area (Å²) in [7, 11) is 0. The van der Waals surface area contributed by atoms with Crippen molar-refractivity contribution in [3.63, 3.8) is 0 Å². The lowest BCUT2D eigenvalue weighted by Gasteiger charge is -2.30. The van der Waals surface area contributed by atoms with Crippen molar-refractivity contribution in [1.82, 2.24) is 5.32 Å². The van der Waals surface area contributed by atoms with Crippen molar-refractivity contribution >= 4 is 11.7 Å². The molecule has 0 saturated heterocycles. The molecule has 0 unspecified atom stereocenters. The van der Waals surface area contributed by atoms with Gasteiger partial charge >= 0.3 is 0 Å². The number of ketones is 1. The summed E-state index contributed by atoms with van der Waals surface area (Å²) in [6, 6.07) is 12.0. The Morgan fingerprint density at radius 3 is 2.63 bits per heavy atom. The van der Waals surface area contributed by atoms with E-state index < -0.39 is 0 Å². The monoisotopic (exact) mass is 361 g/mol. The van der Waals surface area contributed by atoms with Crippen LogP contribution in [0, 0.1) is 18.3 Å². The van der Waals surface area contributed by atoms with E-state index in [1.54, 1.807) is 0 Å². The summed E-state index contributed by atoms with van der Waals surface area (Å²) in [4.78, 5) is 25.1. The lowest BCUT2D eigenvalue weighted by Crippen LogP contribution is -2.30. The van der Waals surface area contributed by atoms with Crippen LogP contribution in [-0.4, -0.2) is 18.2 Å². The van der Waals surface area contributed by atoms with Crippen LogP contribution >= 0.6 is 0 Å². The van der Waals surface area contributed by atoms with Gasteiger partial charge in [0, 0.05) is 23.1 Å². The van der Waals surface area contributed by atoms with Crippen LogP contribution < -0.4 is 5.32 Å². The fourth-order valence-electron chi connectivity index (χ4n) is 3.85. The van der Waals surface area contributed by atoms with E-state index in [1.165, 1.54) is 12.8 Å². The lowest BCUT2D eigenvalue weighted by atomic mass is 9.73. The molecule has 0 aromatic heterocycles. The normalized spacial score (nSPS) is 18.1. The van der Waals surface area contributed by atoms with Crippen molar-refractivity contribution in [2.75, 3.05) is 6.54 Å². The summed E-state index contributed by atoms with van der Waals surface area (Å²) in [5, 5.41) is 3.04. The fraction of sp³-hybridized carbons (Fsp3) is 0.417. The van der Waals surface area contributed by atoms with E-state index in [4.69, 9.17) is 0 Å². The van der Waals surface area contributed by atoms with Crippen molar-refractivity contribution < 1.29 is 9.59 Å². The van der Waals surface area contributed by atoms with Gasteiger partial charge in [0.25, 0.3) is 5.91 Å². The molecule has 140 valence electrons. The highest BCUT2D eigenvalue weighted by atomic mass is 16.1. The first-order chi connectivity index (χ1) is 12.8. The Morgan fingerprint density at radius 1 is 1.11 bits per heavy atom. The van der Waals surface area contributed by atoms with Gasteiger partial charge in [-0.05, 0) is 72.9 Å². The minimum atomic E-state index is -0.274. The lowest BCUT2D eigenvalue weighted by molar-refractivity contribution is 0.0811. The second-order valence-corrected chi connectivity index (χ2v) is 8.77. The minimum Gasteiger partial charge on any atom is -0.352 e. The molecule has 0 spiro atoms. The molecule has 2 aliphatic rings. The first-order valence-corrected chi connectivity index (χ1v) is 9.92. The largest absolute Gasteiger partial charge is 0.352 e. The van der Waals surface area contributed by atoms with Crippen molar-refractivity contribution in [1.29, 1.82) is 0 Å². The van der Waals surface area contributed by atoms with Crippen molar-refractivity contribution in [3.05, 3.63) is 58.7 Å². The number of hydrogen-bond acceptors (Lipinski definition) is 2. The number of carbonyl (C=O) groups excluding carboxylic acids is 2. The molecule has 1 amide bonds. The molecule has 0 radical (unpaired) electrons. The van der Waals surface area contributed by atoms with Crippen LogP contribution in [-0.2, 0) is 6.42 Å². The number of carbonyl (C=O) groups is 2. The van der Waals surface area contributed by atoms with E-state index >= 15 is 0 Å². The SMILES string of the molecule is Cc1ccc(C(=O)NCC2CC2)cc1-c1ccc2c(c1)CCC(C)(C)C2=O. The van der Waals surface area contributed by atoms with Gasteiger partial charge in [0.2, 0.25) is 0 Å². The fourth-order valence-corrected chi connectivity index (χ4v) is 3.85. The molecule has 2 aromatic carbocycles. The van der Waals surface area contributed by atoms with Crippen LogP contribution in [0.3, 0.4) is 0 Å². The van der Waals surface area contributed by atoms with Gasteiger partial charge in [-0.15, -0.1) is 0 Å². The Hall–Kier alpha value is -2.42. The number of benzene rings is 2. The Kier molecular flexibility index (Phi) is 4.41. The zero-order chi connectivity index (χ0) is 19.2. The molecule has 0 aliphatic heterocycles. The Morgan fingerprint density at radius 2 is 1.89 bits per heavy atom. The summed E-state index contributed by atoms with van der Waals surface area (Å²) < 4.78 is 0. The van der Waals surface area contributed by atoms with E-state index in [9.17, 15) is 9.59 Å². The molecule has 1 saturated carbocycles. The summed E-state index contributed by atoms with van der Waals surface area (Å²) in [5.74, 6) is 0.902. The minimum absolute atomic E-state index is 0.00182. The number of Topliss-reactive ketones (excluding diaryl/α,β-unsaturated/α-hetero) is 1. The molecule has 2 aromatic rings. The Balaban J connectivity index is 1.64. The summed E-state index contributed by atoms with van der Waals surface area (Å²) in [6.07, 6.45) is 4.25. The first-order valence-electron chi connectivity index (χ1n) is 9.92. The third-order valence-corrected chi connectivity index (χ3v) is 6.04. The van der Waals surface area contributed by atoms with Gasteiger partial charge in [-0.1, -0.05) is 38.1 Å². The highest BCUT2D eigenvalue weighted by Crippen LogP contribution is 2.37. The van der Waals surface area contributed by atoms with Crippen molar-refractivity contribution in [2.24, 2.45) is 11.3 Å². The highest BCUT2D eigenvalue weighted by molar-refractivity contribution is 6.03. The number of hydrogen-bond donors (Lipinski definition) is 1. The van der Waals surface area contributed by atoms with E-state index in [1.807, 2.05) is 44.2 Å². The third-order valence-electron chi connectivity index (χ3n) is 6.04. The van der Waals surface area contributed by atoms with Gasteiger partial charge in [0.05, 0.1) is 0 Å². The molecule has 1 fully saturated rings. The van der Waals surface area contributed by atoms with E-state index in [0.29, 0.717) is 11.5 Å². The number of rotatable bonds is 4. The molecular weight excluding hydrogens is 334 g/mol. The predicted molar refractivity (Wildman–Crippen MR) is 108 cm³/mol. The molecule has 3 nitrogen and oxygen atoms in total. The van der Waals surface area contributed by atoms with Gasteiger partial charge in [-0.25, -0.2) is 0 Å². The molecule has 4 rings (SSSR count). The topological polar surface area (TPSA) is 46.2 Å². The average molecular weight is 361 g/mol. The number of fused-ring (bicyclic) bond motifs is 1. The van der Waals surface area contributed by atoms with Crippen LogP contribution in [0.4, 0.5) is 0 Å². The van der Waals surface area contributed by atoms with E-state index in [-0.39, 0.29) is 17.1 Å². The maximum Gasteiger partial charge on any atom is 0.251 e. The molecule has 27 heavy (non-hydrogen) atoms. The van der Waals surface area contributed by atoms with Crippen LogP contribution in [0.25, 0.3) is 11.1 Å². The van der Waals surface area contributed by atoms with Crippen molar-refractivity contribution in [2.45, 2.75) is 46.5 Å². The zero-order valence-electron chi connectivity index (χ0n) is 16.4. The molecule has 0 atom stereocenters. The summed E-state index contributed by atoms with van der Waals surface area (Å²) in [6.45, 7) is 6.90. The first kappa shape index (κ1) is 18.0. The Labute approximate surface area is 161 Å². The maximum atomic E-state index is 12.7. The highest BCUT2D eigenvalue weighted by Gasteiger charge is 2.34. The van der Waals surface area contributed by atoms with Crippen LogP contribution in [0.15, 0.2) is 36.4 Å². The molecule has 0 bridgehead atoms. The number of nitrogens with one attached hydrogen (secondary N) is 1. The van der Waals surface area contributed by atoms with E-state index in [2.05, 4.69) is 18.3 Å². The summed E-state index contributed by atoms with van der Waals surface area (Å²) >= 11 is 0. The van der Waals surface area contributed by atoms with Crippen LogP contribution in [0.5, 0.6) is 0 Å². The second kappa shape index (κ2) is 6.63. The zero-order valence-corrected chi connectivity index (χ0v) is 16.4. The number of amides is 1. The van der Waals surface area contributed by atoms with Crippen LogP contribution in [0.2, 0.25) is 0 Å². The predicted octanol–water partition coefficient (Wildman–Crippen LogP) is 4.96. The van der Waals surface area contributed by atoms with Gasteiger partial charge in [-0.2, -0.15) is 0 Å². The standard InChI is InChI=1S/C24H27NO2/c1-15-4-7-19(23(27)25-14-16-5-6-16)13-21(15)17-8-9-20-18(12-17)10-11-24(2,3)22(20)26/h4,7-9,12-13,16H,5-6,10-11,14H2,1-3H3,(H,25,27). The van der Waals surface area contributed by atoms with Gasteiger partial charge in [0.1, 0.15) is 0 Å². The molecular formula is C24H27NO2. The third kappa shape index (κ3) is 3.55. The molecule has 1 N–H and O–H groups in total. The number of aryl methyl sites for hydroxylation is 2. The molecule has 3 heteroatoms.